The third-order valence-electron chi connectivity index (χ3n) is 3.38. The van der Waals surface area contributed by atoms with Gasteiger partial charge in [0.05, 0.1) is 13.0 Å². The van der Waals surface area contributed by atoms with Gasteiger partial charge in [0.25, 0.3) is 0 Å². The zero-order chi connectivity index (χ0) is 12.1. The third-order valence-corrected chi connectivity index (χ3v) is 3.38. The molecule has 0 aromatic heterocycles. The normalized spacial score (nSPS) is 25.4. The first kappa shape index (κ1) is 13.5. The molecule has 2 unspecified atom stereocenters. The van der Waals surface area contributed by atoms with E-state index in [9.17, 15) is 4.79 Å². The maximum atomic E-state index is 11.4. The van der Waals surface area contributed by atoms with Gasteiger partial charge in [-0.1, -0.05) is 0 Å². The second-order valence-electron chi connectivity index (χ2n) is 4.68. The number of esters is 1. The molecule has 94 valence electrons. The summed E-state index contributed by atoms with van der Waals surface area (Å²) in [7, 11) is 2.15. The molecule has 1 aliphatic rings. The zero-order valence-electron chi connectivity index (χ0n) is 10.9. The van der Waals surface area contributed by atoms with E-state index in [2.05, 4.69) is 30.7 Å². The van der Waals surface area contributed by atoms with Gasteiger partial charge in [0, 0.05) is 31.7 Å². The molecule has 0 spiro atoms. The van der Waals surface area contributed by atoms with Gasteiger partial charge in [-0.15, -0.1) is 0 Å². The molecule has 2 atom stereocenters. The number of piperazine rings is 1. The summed E-state index contributed by atoms with van der Waals surface area (Å²) in [5.41, 5.74) is 0. The van der Waals surface area contributed by atoms with Gasteiger partial charge in [0.2, 0.25) is 0 Å². The van der Waals surface area contributed by atoms with Crippen LogP contribution in [0.4, 0.5) is 0 Å². The van der Waals surface area contributed by atoms with Gasteiger partial charge in [-0.05, 0) is 27.8 Å². The molecule has 0 radical (unpaired) electrons. The van der Waals surface area contributed by atoms with Gasteiger partial charge in [0.15, 0.2) is 0 Å². The smallest absolute Gasteiger partial charge is 0.307 e. The van der Waals surface area contributed by atoms with Crippen molar-refractivity contribution in [3.63, 3.8) is 0 Å². The number of ether oxygens (including phenoxy) is 1. The topological polar surface area (TPSA) is 32.8 Å². The van der Waals surface area contributed by atoms with E-state index in [0.717, 1.165) is 19.6 Å². The Bertz CT molecular complexity index is 233. The highest BCUT2D eigenvalue weighted by molar-refractivity contribution is 5.70. The maximum absolute atomic E-state index is 11.4. The molecule has 0 aromatic carbocycles. The molecule has 0 aromatic rings. The van der Waals surface area contributed by atoms with E-state index in [1.165, 1.54) is 0 Å². The van der Waals surface area contributed by atoms with E-state index in [-0.39, 0.29) is 12.0 Å². The van der Waals surface area contributed by atoms with Crippen molar-refractivity contribution >= 4 is 5.97 Å². The van der Waals surface area contributed by atoms with E-state index in [1.54, 1.807) is 0 Å². The van der Waals surface area contributed by atoms with E-state index < -0.39 is 0 Å². The Morgan fingerprint density at radius 3 is 2.75 bits per heavy atom. The van der Waals surface area contributed by atoms with E-state index in [0.29, 0.717) is 19.1 Å². The summed E-state index contributed by atoms with van der Waals surface area (Å²) in [6.45, 7) is 9.82. The van der Waals surface area contributed by atoms with Crippen LogP contribution in [0.15, 0.2) is 0 Å². The quantitative estimate of drug-likeness (QED) is 0.671. The molecule has 4 nitrogen and oxygen atoms in total. The predicted octanol–water partition coefficient (Wildman–Crippen LogP) is 0.964. The molecule has 1 rings (SSSR count). The van der Waals surface area contributed by atoms with Crippen LogP contribution in [0, 0.1) is 0 Å². The van der Waals surface area contributed by atoms with Crippen molar-refractivity contribution < 1.29 is 9.53 Å². The van der Waals surface area contributed by atoms with Gasteiger partial charge >= 0.3 is 5.97 Å². The molecule has 4 heteroatoms. The summed E-state index contributed by atoms with van der Waals surface area (Å²) in [5.74, 6) is -0.0819. The van der Waals surface area contributed by atoms with Gasteiger partial charge in [-0.25, -0.2) is 0 Å². The summed E-state index contributed by atoms with van der Waals surface area (Å²) in [4.78, 5) is 16.1. The number of carbonyl (C=O) groups excluding carboxylic acids is 1. The van der Waals surface area contributed by atoms with Crippen molar-refractivity contribution in [1.82, 2.24) is 9.80 Å². The molecule has 0 amide bonds. The summed E-state index contributed by atoms with van der Waals surface area (Å²) < 4.78 is 4.98. The van der Waals surface area contributed by atoms with Gasteiger partial charge < -0.3 is 9.64 Å². The van der Waals surface area contributed by atoms with Gasteiger partial charge in [-0.2, -0.15) is 0 Å². The van der Waals surface area contributed by atoms with Crippen LogP contribution in [-0.4, -0.2) is 61.1 Å². The maximum Gasteiger partial charge on any atom is 0.307 e. The van der Waals surface area contributed by atoms with Crippen LogP contribution in [0.2, 0.25) is 0 Å². The molecule has 1 aliphatic heterocycles. The Labute approximate surface area is 98.5 Å². The van der Waals surface area contributed by atoms with Crippen LogP contribution >= 0.6 is 0 Å². The first-order chi connectivity index (χ1) is 7.54. The van der Waals surface area contributed by atoms with Crippen LogP contribution in [0.1, 0.15) is 27.2 Å². The molecule has 0 bridgehead atoms. The van der Waals surface area contributed by atoms with Crippen LogP contribution in [-0.2, 0) is 9.53 Å². The Morgan fingerprint density at radius 1 is 1.50 bits per heavy atom. The number of hydrogen-bond acceptors (Lipinski definition) is 4. The average molecular weight is 228 g/mol. The lowest BCUT2D eigenvalue weighted by Crippen LogP contribution is -2.53. The Morgan fingerprint density at radius 2 is 2.19 bits per heavy atom. The summed E-state index contributed by atoms with van der Waals surface area (Å²) >= 11 is 0. The van der Waals surface area contributed by atoms with Crippen molar-refractivity contribution in [3.05, 3.63) is 0 Å². The fraction of sp³-hybridized carbons (Fsp3) is 0.917. The van der Waals surface area contributed by atoms with Crippen molar-refractivity contribution in [2.75, 3.05) is 33.3 Å². The van der Waals surface area contributed by atoms with Crippen molar-refractivity contribution in [2.24, 2.45) is 0 Å². The lowest BCUT2D eigenvalue weighted by molar-refractivity contribution is -0.144. The highest BCUT2D eigenvalue weighted by Crippen LogP contribution is 2.12. The molecule has 1 saturated heterocycles. The Balaban J connectivity index is 2.36. The van der Waals surface area contributed by atoms with Crippen molar-refractivity contribution in [1.29, 1.82) is 0 Å². The van der Waals surface area contributed by atoms with Crippen LogP contribution in [0.3, 0.4) is 0 Å². The minimum atomic E-state index is -0.0819. The first-order valence-corrected chi connectivity index (χ1v) is 6.14. The molecule has 1 heterocycles. The lowest BCUT2D eigenvalue weighted by Gasteiger charge is -2.40. The van der Waals surface area contributed by atoms with E-state index in [1.807, 2.05) is 6.92 Å². The molecular formula is C12H24N2O2. The van der Waals surface area contributed by atoms with Crippen LogP contribution in [0.25, 0.3) is 0 Å². The summed E-state index contributed by atoms with van der Waals surface area (Å²) in [6.07, 6.45) is 0.504. The minimum absolute atomic E-state index is 0.0819. The number of carbonyl (C=O) groups is 1. The number of likely N-dealkylation sites (N-methyl/N-ethyl adjacent to an activating group) is 1. The highest BCUT2D eigenvalue weighted by atomic mass is 16.5. The monoisotopic (exact) mass is 228 g/mol. The second-order valence-corrected chi connectivity index (χ2v) is 4.68. The van der Waals surface area contributed by atoms with E-state index >= 15 is 0 Å². The number of nitrogens with zero attached hydrogens (tertiary/aromatic N) is 2. The lowest BCUT2D eigenvalue weighted by atomic mass is 10.1. The standard InChI is InChI=1S/C12H24N2O2/c1-5-16-12(15)8-10(2)14-7-6-13(4)11(3)9-14/h10-11H,5-9H2,1-4H3. The summed E-state index contributed by atoms with van der Waals surface area (Å²) in [6, 6.07) is 0.855. The molecule has 0 aliphatic carbocycles. The van der Waals surface area contributed by atoms with Crippen LogP contribution in [0.5, 0.6) is 0 Å². The first-order valence-electron chi connectivity index (χ1n) is 6.14. The summed E-state index contributed by atoms with van der Waals surface area (Å²) in [5, 5.41) is 0. The second kappa shape index (κ2) is 6.21. The number of rotatable bonds is 4. The fourth-order valence-electron chi connectivity index (χ4n) is 2.07. The highest BCUT2D eigenvalue weighted by Gasteiger charge is 2.25. The largest absolute Gasteiger partial charge is 0.466 e. The van der Waals surface area contributed by atoms with E-state index in [4.69, 9.17) is 4.74 Å². The van der Waals surface area contributed by atoms with Crippen LogP contribution < -0.4 is 0 Å². The van der Waals surface area contributed by atoms with Gasteiger partial charge in [0.1, 0.15) is 0 Å². The van der Waals surface area contributed by atoms with Crippen molar-refractivity contribution in [2.45, 2.75) is 39.3 Å². The molecule has 0 saturated carbocycles. The average Bonchev–Trinajstić information content (AvgIpc) is 2.22. The molecular weight excluding hydrogens is 204 g/mol. The third kappa shape index (κ3) is 3.76. The SMILES string of the molecule is CCOC(=O)CC(C)N1CCN(C)C(C)C1. The molecule has 0 N–H and O–H groups in total. The van der Waals surface area contributed by atoms with Gasteiger partial charge in [-0.3, -0.25) is 9.69 Å². The molecule has 1 fully saturated rings. The molecule has 16 heavy (non-hydrogen) atoms. The Kier molecular flexibility index (Phi) is 5.22. The predicted molar refractivity (Wildman–Crippen MR) is 64.4 cm³/mol. The minimum Gasteiger partial charge on any atom is -0.466 e. The van der Waals surface area contributed by atoms with Crippen molar-refractivity contribution in [3.8, 4) is 0 Å². The zero-order valence-corrected chi connectivity index (χ0v) is 10.9. The Hall–Kier alpha value is -0.610. The fourth-order valence-corrected chi connectivity index (χ4v) is 2.07. The number of hydrogen-bond donors (Lipinski definition) is 0.